The predicted molar refractivity (Wildman–Crippen MR) is 192 cm³/mol. The summed E-state index contributed by atoms with van der Waals surface area (Å²) in [5.41, 5.74) is 2.70. The Kier molecular flexibility index (Phi) is 12.9. The van der Waals surface area contributed by atoms with E-state index in [0.29, 0.717) is 40.2 Å². The standard InChI is InChI=1S/C37H41Cl2N3O5S/c1-5-47-31-16-18-32(19-17-31)48(45,46)42(30-14-11-27(4)12-15-30)25-36(43)41(24-29-13-20-33(38)34(39)21-29)35(37(44)40-23-26(2)3)22-28-9-7-6-8-10-28/h6-21,26,35H,5,22-25H2,1-4H3,(H,40,44)/t35-/m0/s1. The first kappa shape index (κ1) is 36.8. The van der Waals surface area contributed by atoms with Crippen molar-refractivity contribution in [1.82, 2.24) is 10.2 Å². The number of aryl methyl sites for hydroxylation is 1. The second-order valence-corrected chi connectivity index (χ2v) is 14.5. The van der Waals surface area contributed by atoms with Crippen molar-refractivity contribution in [2.75, 3.05) is 24.0 Å². The number of hydrogen-bond donors (Lipinski definition) is 1. The van der Waals surface area contributed by atoms with Gasteiger partial charge in [0.1, 0.15) is 18.3 Å². The van der Waals surface area contributed by atoms with E-state index >= 15 is 0 Å². The van der Waals surface area contributed by atoms with Gasteiger partial charge in [-0.05, 0) is 79.4 Å². The Bertz CT molecular complexity index is 1780. The summed E-state index contributed by atoms with van der Waals surface area (Å²) < 4.78 is 35.1. The zero-order chi connectivity index (χ0) is 34.8. The molecule has 4 rings (SSSR count). The fourth-order valence-electron chi connectivity index (χ4n) is 5.05. The minimum Gasteiger partial charge on any atom is -0.494 e. The molecule has 0 heterocycles. The molecule has 11 heteroatoms. The van der Waals surface area contributed by atoms with Crippen LogP contribution in [0.1, 0.15) is 37.5 Å². The molecule has 48 heavy (non-hydrogen) atoms. The van der Waals surface area contributed by atoms with Crippen molar-refractivity contribution in [2.45, 2.75) is 51.6 Å². The highest BCUT2D eigenvalue weighted by Gasteiger charge is 2.34. The monoisotopic (exact) mass is 709 g/mol. The van der Waals surface area contributed by atoms with E-state index in [1.807, 2.05) is 58.0 Å². The van der Waals surface area contributed by atoms with E-state index in [2.05, 4.69) is 5.32 Å². The number of carbonyl (C=O) groups excluding carboxylic acids is 2. The molecular weight excluding hydrogens is 669 g/mol. The van der Waals surface area contributed by atoms with Crippen molar-refractivity contribution in [3.05, 3.63) is 124 Å². The van der Waals surface area contributed by atoms with E-state index in [1.54, 1.807) is 54.6 Å². The van der Waals surface area contributed by atoms with Gasteiger partial charge in [0.15, 0.2) is 0 Å². The summed E-state index contributed by atoms with van der Waals surface area (Å²) in [6.07, 6.45) is 0.202. The molecule has 2 amide bonds. The maximum atomic E-state index is 14.6. The quantitative estimate of drug-likeness (QED) is 0.140. The second-order valence-electron chi connectivity index (χ2n) is 11.9. The van der Waals surface area contributed by atoms with Crippen LogP contribution >= 0.6 is 23.2 Å². The SMILES string of the molecule is CCOc1ccc(S(=O)(=O)N(CC(=O)N(Cc2ccc(Cl)c(Cl)c2)[C@@H](Cc2ccccc2)C(=O)NCC(C)C)c2ccc(C)cc2)cc1. The van der Waals surface area contributed by atoms with Crippen molar-refractivity contribution in [3.8, 4) is 5.75 Å². The Hall–Kier alpha value is -4.05. The minimum atomic E-state index is -4.25. The maximum absolute atomic E-state index is 14.6. The topological polar surface area (TPSA) is 96.0 Å². The Balaban J connectivity index is 1.80. The van der Waals surface area contributed by atoms with Crippen LogP contribution in [0.15, 0.2) is 102 Å². The lowest BCUT2D eigenvalue weighted by Gasteiger charge is -2.34. The molecule has 0 aromatic heterocycles. The highest BCUT2D eigenvalue weighted by Crippen LogP contribution is 2.28. The van der Waals surface area contributed by atoms with Gasteiger partial charge in [0, 0.05) is 19.5 Å². The van der Waals surface area contributed by atoms with Crippen LogP contribution in [0.3, 0.4) is 0 Å². The first-order valence-electron chi connectivity index (χ1n) is 15.8. The predicted octanol–water partition coefficient (Wildman–Crippen LogP) is 7.31. The molecule has 0 saturated heterocycles. The van der Waals surface area contributed by atoms with Crippen LogP contribution in [0.4, 0.5) is 5.69 Å². The number of sulfonamides is 1. The van der Waals surface area contributed by atoms with Gasteiger partial charge >= 0.3 is 0 Å². The Morgan fingerprint density at radius 1 is 0.854 bits per heavy atom. The molecule has 0 radical (unpaired) electrons. The van der Waals surface area contributed by atoms with Crippen LogP contribution in [-0.2, 0) is 32.6 Å². The van der Waals surface area contributed by atoms with Crippen molar-refractivity contribution in [2.24, 2.45) is 5.92 Å². The van der Waals surface area contributed by atoms with Gasteiger partial charge in [-0.15, -0.1) is 0 Å². The number of halogens is 2. The third-order valence-electron chi connectivity index (χ3n) is 7.62. The highest BCUT2D eigenvalue weighted by molar-refractivity contribution is 7.92. The third kappa shape index (κ3) is 9.75. The largest absolute Gasteiger partial charge is 0.494 e. The summed E-state index contributed by atoms with van der Waals surface area (Å²) in [7, 11) is -4.25. The first-order valence-corrected chi connectivity index (χ1v) is 18.0. The molecule has 4 aromatic carbocycles. The van der Waals surface area contributed by atoms with Crippen molar-refractivity contribution in [3.63, 3.8) is 0 Å². The van der Waals surface area contributed by atoms with Gasteiger partial charge in [0.2, 0.25) is 11.8 Å². The molecule has 0 spiro atoms. The molecule has 0 bridgehead atoms. The van der Waals surface area contributed by atoms with Gasteiger partial charge < -0.3 is 15.0 Å². The van der Waals surface area contributed by atoms with Crippen LogP contribution < -0.4 is 14.4 Å². The van der Waals surface area contributed by atoms with Crippen LogP contribution in [0.25, 0.3) is 0 Å². The number of benzene rings is 4. The van der Waals surface area contributed by atoms with Gasteiger partial charge in [0.05, 0.1) is 27.2 Å². The minimum absolute atomic E-state index is 0.00845. The van der Waals surface area contributed by atoms with Gasteiger partial charge in [-0.3, -0.25) is 13.9 Å². The average Bonchev–Trinajstić information content (AvgIpc) is 3.07. The number of ether oxygens (including phenoxy) is 1. The van der Waals surface area contributed by atoms with E-state index < -0.39 is 28.5 Å². The van der Waals surface area contributed by atoms with E-state index in [4.69, 9.17) is 27.9 Å². The first-order chi connectivity index (χ1) is 22.9. The Morgan fingerprint density at radius 3 is 2.12 bits per heavy atom. The highest BCUT2D eigenvalue weighted by atomic mass is 35.5. The van der Waals surface area contributed by atoms with E-state index in [1.165, 1.54) is 17.0 Å². The molecule has 254 valence electrons. The van der Waals surface area contributed by atoms with Crippen molar-refractivity contribution < 1.29 is 22.7 Å². The molecule has 1 atom stereocenters. The third-order valence-corrected chi connectivity index (χ3v) is 10.1. The summed E-state index contributed by atoms with van der Waals surface area (Å²) in [6.45, 7) is 7.94. The van der Waals surface area contributed by atoms with Gasteiger partial charge in [-0.1, -0.05) is 91.1 Å². The number of anilines is 1. The molecule has 0 aliphatic rings. The zero-order valence-electron chi connectivity index (χ0n) is 27.5. The molecule has 1 N–H and O–H groups in total. The van der Waals surface area contributed by atoms with Crippen LogP contribution in [0.2, 0.25) is 10.0 Å². The van der Waals surface area contributed by atoms with E-state index in [9.17, 15) is 18.0 Å². The lowest BCUT2D eigenvalue weighted by molar-refractivity contribution is -0.140. The molecule has 8 nitrogen and oxygen atoms in total. The summed E-state index contributed by atoms with van der Waals surface area (Å²) >= 11 is 12.6. The van der Waals surface area contributed by atoms with Gasteiger partial charge in [0.25, 0.3) is 10.0 Å². The smallest absolute Gasteiger partial charge is 0.264 e. The number of nitrogens with zero attached hydrogens (tertiary/aromatic N) is 2. The summed E-state index contributed by atoms with van der Waals surface area (Å²) in [4.78, 5) is 29.9. The van der Waals surface area contributed by atoms with Crippen LogP contribution in [0.5, 0.6) is 5.75 Å². The fraction of sp³-hybridized carbons (Fsp3) is 0.297. The summed E-state index contributed by atoms with van der Waals surface area (Å²) in [5, 5.41) is 3.63. The lowest BCUT2D eigenvalue weighted by Crippen LogP contribution is -2.53. The fourth-order valence-corrected chi connectivity index (χ4v) is 6.79. The molecule has 0 saturated carbocycles. The average molecular weight is 711 g/mol. The molecule has 0 fully saturated rings. The number of hydrogen-bond acceptors (Lipinski definition) is 5. The molecule has 0 unspecified atom stereocenters. The molecular formula is C37H41Cl2N3O5S. The van der Waals surface area contributed by atoms with Crippen molar-refractivity contribution in [1.29, 1.82) is 0 Å². The number of rotatable bonds is 15. The number of nitrogens with one attached hydrogen (secondary N) is 1. The van der Waals surface area contributed by atoms with Crippen LogP contribution in [-0.4, -0.2) is 50.9 Å². The molecule has 0 aliphatic heterocycles. The zero-order valence-corrected chi connectivity index (χ0v) is 29.9. The lowest BCUT2D eigenvalue weighted by atomic mass is 10.0. The van der Waals surface area contributed by atoms with E-state index in [0.717, 1.165) is 15.4 Å². The molecule has 0 aliphatic carbocycles. The summed E-state index contributed by atoms with van der Waals surface area (Å²) in [5.74, 6) is -0.228. The van der Waals surface area contributed by atoms with Crippen LogP contribution in [0, 0.1) is 12.8 Å². The normalized spacial score (nSPS) is 12.0. The Morgan fingerprint density at radius 2 is 1.52 bits per heavy atom. The van der Waals surface area contributed by atoms with Crippen molar-refractivity contribution >= 4 is 50.7 Å². The number of carbonyl (C=O) groups is 2. The van der Waals surface area contributed by atoms with Gasteiger partial charge in [-0.25, -0.2) is 8.42 Å². The second kappa shape index (κ2) is 16.9. The molecule has 4 aromatic rings. The van der Waals surface area contributed by atoms with Gasteiger partial charge in [-0.2, -0.15) is 0 Å². The summed E-state index contributed by atoms with van der Waals surface area (Å²) in [6, 6.07) is 26.4. The number of amides is 2. The Labute approximate surface area is 293 Å². The maximum Gasteiger partial charge on any atom is 0.264 e. The van der Waals surface area contributed by atoms with E-state index in [-0.39, 0.29) is 29.7 Å².